The summed E-state index contributed by atoms with van der Waals surface area (Å²) in [6, 6.07) is 9.15. The lowest BCUT2D eigenvalue weighted by Crippen LogP contribution is -2.50. The first kappa shape index (κ1) is 18.1. The fraction of sp³-hybridized carbons (Fsp3) is 0.389. The van der Waals surface area contributed by atoms with Crippen molar-refractivity contribution in [3.8, 4) is 0 Å². The van der Waals surface area contributed by atoms with E-state index in [4.69, 9.17) is 0 Å². The number of amides is 1. The first-order valence-corrected chi connectivity index (χ1v) is 10.5. The molecular weight excluding hydrogens is 356 g/mol. The van der Waals surface area contributed by atoms with Crippen LogP contribution in [0.3, 0.4) is 0 Å². The van der Waals surface area contributed by atoms with E-state index >= 15 is 0 Å². The van der Waals surface area contributed by atoms with Crippen LogP contribution >= 0.6 is 11.3 Å². The highest BCUT2D eigenvalue weighted by Crippen LogP contribution is 2.25. The zero-order chi connectivity index (χ0) is 18.2. The number of hydrogen-bond donors (Lipinski definition) is 0. The maximum atomic E-state index is 12.7. The van der Waals surface area contributed by atoms with Gasteiger partial charge < -0.3 is 4.90 Å². The molecule has 1 aliphatic rings. The number of rotatable bonds is 3. The maximum Gasteiger partial charge on any atom is 0.253 e. The van der Waals surface area contributed by atoms with E-state index in [0.29, 0.717) is 36.0 Å². The molecule has 134 valence electrons. The van der Waals surface area contributed by atoms with Gasteiger partial charge in [-0.05, 0) is 56.2 Å². The Hall–Kier alpha value is -1.70. The Labute approximate surface area is 152 Å². The Kier molecular flexibility index (Phi) is 4.99. The van der Waals surface area contributed by atoms with E-state index in [-0.39, 0.29) is 5.91 Å². The van der Waals surface area contributed by atoms with Crippen LogP contribution in [0.15, 0.2) is 34.5 Å². The van der Waals surface area contributed by atoms with Crippen molar-refractivity contribution < 1.29 is 13.2 Å². The number of carbonyl (C=O) groups excluding carboxylic acids is 1. The van der Waals surface area contributed by atoms with Gasteiger partial charge in [-0.1, -0.05) is 6.07 Å². The minimum absolute atomic E-state index is 0.0351. The second kappa shape index (κ2) is 6.90. The molecule has 2 aromatic rings. The van der Waals surface area contributed by atoms with E-state index in [1.165, 1.54) is 15.6 Å². The first-order chi connectivity index (χ1) is 11.8. The topological polar surface area (TPSA) is 57.7 Å². The van der Waals surface area contributed by atoms with Crippen molar-refractivity contribution >= 4 is 27.3 Å². The third-order valence-corrected chi connectivity index (χ3v) is 7.96. The number of aryl methyl sites for hydroxylation is 3. The lowest BCUT2D eigenvalue weighted by Gasteiger charge is -2.33. The summed E-state index contributed by atoms with van der Waals surface area (Å²) in [5.74, 6) is -0.0351. The molecule has 1 aromatic carbocycles. The smallest absolute Gasteiger partial charge is 0.253 e. The van der Waals surface area contributed by atoms with Crippen LogP contribution in [0.5, 0.6) is 0 Å². The van der Waals surface area contributed by atoms with Crippen LogP contribution < -0.4 is 0 Å². The van der Waals surface area contributed by atoms with Gasteiger partial charge in [-0.25, -0.2) is 8.42 Å². The molecule has 1 saturated heterocycles. The van der Waals surface area contributed by atoms with Gasteiger partial charge >= 0.3 is 0 Å². The van der Waals surface area contributed by atoms with Crippen molar-refractivity contribution in [3.05, 3.63) is 51.9 Å². The molecule has 0 spiro atoms. The van der Waals surface area contributed by atoms with Crippen LogP contribution in [0.2, 0.25) is 0 Å². The van der Waals surface area contributed by atoms with Crippen molar-refractivity contribution in [1.29, 1.82) is 0 Å². The van der Waals surface area contributed by atoms with Gasteiger partial charge in [-0.15, -0.1) is 11.3 Å². The number of sulfonamides is 1. The minimum atomic E-state index is -3.45. The molecule has 0 bridgehead atoms. The highest BCUT2D eigenvalue weighted by atomic mass is 32.2. The predicted octanol–water partition coefficient (Wildman–Crippen LogP) is 2.82. The molecule has 0 atom stereocenters. The summed E-state index contributed by atoms with van der Waals surface area (Å²) in [4.78, 5) is 15.4. The van der Waals surface area contributed by atoms with Gasteiger partial charge in [-0.2, -0.15) is 4.31 Å². The number of carbonyl (C=O) groups is 1. The number of thiophene rings is 1. The van der Waals surface area contributed by atoms with Crippen LogP contribution in [0.1, 0.15) is 26.4 Å². The lowest BCUT2D eigenvalue weighted by molar-refractivity contribution is 0.0698. The monoisotopic (exact) mass is 378 g/mol. The van der Waals surface area contributed by atoms with E-state index in [1.807, 2.05) is 45.0 Å². The summed E-state index contributed by atoms with van der Waals surface area (Å²) >= 11 is 1.29. The largest absolute Gasteiger partial charge is 0.336 e. The molecule has 1 aliphatic heterocycles. The maximum absolute atomic E-state index is 12.7. The summed E-state index contributed by atoms with van der Waals surface area (Å²) in [5.41, 5.74) is 2.90. The number of piperazine rings is 1. The Morgan fingerprint density at radius 2 is 1.64 bits per heavy atom. The summed E-state index contributed by atoms with van der Waals surface area (Å²) in [6.07, 6.45) is 0. The molecule has 0 saturated carbocycles. The van der Waals surface area contributed by atoms with Crippen LogP contribution in [0.4, 0.5) is 0 Å². The van der Waals surface area contributed by atoms with Gasteiger partial charge in [0, 0.05) is 36.6 Å². The average molecular weight is 379 g/mol. The van der Waals surface area contributed by atoms with E-state index in [1.54, 1.807) is 11.0 Å². The molecule has 1 amide bonds. The standard InChI is InChI=1S/C18H22N2O3S2/c1-13-4-6-16(12-14(13)2)18(21)19-8-10-20(11-9-19)25(22,23)17-7-5-15(3)24-17/h4-7,12H,8-11H2,1-3H3. The van der Waals surface area contributed by atoms with Gasteiger partial charge in [-0.3, -0.25) is 4.79 Å². The van der Waals surface area contributed by atoms with Gasteiger partial charge in [0.15, 0.2) is 0 Å². The van der Waals surface area contributed by atoms with Gasteiger partial charge in [0.25, 0.3) is 15.9 Å². The highest BCUT2D eigenvalue weighted by molar-refractivity contribution is 7.91. The average Bonchev–Trinajstić information content (AvgIpc) is 3.04. The van der Waals surface area contributed by atoms with Crippen molar-refractivity contribution in [2.45, 2.75) is 25.0 Å². The molecule has 0 radical (unpaired) electrons. The van der Waals surface area contributed by atoms with E-state index in [9.17, 15) is 13.2 Å². The number of benzene rings is 1. The minimum Gasteiger partial charge on any atom is -0.336 e. The van der Waals surface area contributed by atoms with Crippen molar-refractivity contribution in [1.82, 2.24) is 9.21 Å². The number of nitrogens with zero attached hydrogens (tertiary/aromatic N) is 2. The fourth-order valence-corrected chi connectivity index (χ4v) is 5.73. The van der Waals surface area contributed by atoms with E-state index in [0.717, 1.165) is 16.0 Å². The quantitative estimate of drug-likeness (QED) is 0.825. The fourth-order valence-electron chi connectivity index (χ4n) is 2.87. The molecule has 0 unspecified atom stereocenters. The normalized spacial score (nSPS) is 16.2. The first-order valence-electron chi connectivity index (χ1n) is 8.22. The summed E-state index contributed by atoms with van der Waals surface area (Å²) in [6.45, 7) is 7.37. The summed E-state index contributed by atoms with van der Waals surface area (Å²) < 4.78 is 27.2. The number of hydrogen-bond acceptors (Lipinski definition) is 4. The zero-order valence-corrected chi connectivity index (χ0v) is 16.3. The molecule has 25 heavy (non-hydrogen) atoms. The second-order valence-corrected chi connectivity index (χ2v) is 9.81. The summed E-state index contributed by atoms with van der Waals surface area (Å²) in [5, 5.41) is 0. The Balaban J connectivity index is 1.69. The molecule has 2 heterocycles. The van der Waals surface area contributed by atoms with Crippen LogP contribution in [-0.4, -0.2) is 49.7 Å². The third kappa shape index (κ3) is 3.63. The zero-order valence-electron chi connectivity index (χ0n) is 14.7. The SMILES string of the molecule is Cc1ccc(S(=O)(=O)N2CCN(C(=O)c3ccc(C)c(C)c3)CC2)s1. The van der Waals surface area contributed by atoms with Crippen LogP contribution in [0, 0.1) is 20.8 Å². The van der Waals surface area contributed by atoms with Gasteiger partial charge in [0.1, 0.15) is 4.21 Å². The Morgan fingerprint density at radius 1 is 0.960 bits per heavy atom. The van der Waals surface area contributed by atoms with Crippen LogP contribution in [0.25, 0.3) is 0 Å². The molecule has 0 aliphatic carbocycles. The molecule has 3 rings (SSSR count). The van der Waals surface area contributed by atoms with Crippen molar-refractivity contribution in [2.24, 2.45) is 0 Å². The van der Waals surface area contributed by atoms with Crippen molar-refractivity contribution in [2.75, 3.05) is 26.2 Å². The lowest BCUT2D eigenvalue weighted by atomic mass is 10.1. The summed E-state index contributed by atoms with van der Waals surface area (Å²) in [7, 11) is -3.45. The Morgan fingerprint density at radius 3 is 2.20 bits per heavy atom. The van der Waals surface area contributed by atoms with Crippen molar-refractivity contribution in [3.63, 3.8) is 0 Å². The Bertz CT molecular complexity index is 895. The van der Waals surface area contributed by atoms with E-state index < -0.39 is 10.0 Å². The van der Waals surface area contributed by atoms with E-state index in [2.05, 4.69) is 0 Å². The molecule has 7 heteroatoms. The van der Waals surface area contributed by atoms with Gasteiger partial charge in [0.2, 0.25) is 0 Å². The highest BCUT2D eigenvalue weighted by Gasteiger charge is 2.31. The predicted molar refractivity (Wildman–Crippen MR) is 99.6 cm³/mol. The second-order valence-electron chi connectivity index (χ2n) is 6.36. The molecule has 1 aromatic heterocycles. The molecule has 1 fully saturated rings. The van der Waals surface area contributed by atoms with Crippen LogP contribution in [-0.2, 0) is 10.0 Å². The molecule has 0 N–H and O–H groups in total. The molecule has 5 nitrogen and oxygen atoms in total. The third-order valence-electron chi connectivity index (χ3n) is 4.59. The molecular formula is C18H22N2O3S2. The van der Waals surface area contributed by atoms with Gasteiger partial charge in [0.05, 0.1) is 0 Å².